The molecule has 0 saturated carbocycles. The quantitative estimate of drug-likeness (QED) is 0.298. The maximum absolute atomic E-state index is 14.0. The lowest BCUT2D eigenvalue weighted by atomic mass is 9.83. The molecule has 8 nitrogen and oxygen atoms in total. The third-order valence-electron chi connectivity index (χ3n) is 7.24. The minimum absolute atomic E-state index is 0.0890. The van der Waals surface area contributed by atoms with E-state index in [0.717, 1.165) is 16.0 Å². The van der Waals surface area contributed by atoms with Gasteiger partial charge in [-0.05, 0) is 47.5 Å². The van der Waals surface area contributed by atoms with Gasteiger partial charge in [-0.2, -0.15) is 5.10 Å². The van der Waals surface area contributed by atoms with Crippen molar-refractivity contribution in [2.24, 2.45) is 16.9 Å². The highest BCUT2D eigenvalue weighted by atomic mass is 35.5. The molecule has 0 unspecified atom stereocenters. The van der Waals surface area contributed by atoms with E-state index in [2.05, 4.69) is 5.10 Å². The molecule has 3 heterocycles. The Morgan fingerprint density at radius 2 is 1.57 bits per heavy atom. The Balaban J connectivity index is 1.50. The highest BCUT2D eigenvalue weighted by Crippen LogP contribution is 2.53. The molecule has 0 N–H and O–H groups in total. The number of Topliss-reactive ketones (excluding diaryl/α,β-unsaturated/α-hetero) is 1. The van der Waals surface area contributed by atoms with E-state index < -0.39 is 41.7 Å². The van der Waals surface area contributed by atoms with Crippen LogP contribution in [-0.2, 0) is 14.3 Å². The smallest absolute Gasteiger partial charge is 0.339 e. The van der Waals surface area contributed by atoms with Gasteiger partial charge in [0, 0.05) is 10.6 Å². The van der Waals surface area contributed by atoms with Crippen LogP contribution in [0.4, 0.5) is 5.69 Å². The van der Waals surface area contributed by atoms with Crippen LogP contribution in [0.3, 0.4) is 0 Å². The van der Waals surface area contributed by atoms with Crippen LogP contribution in [0.25, 0.3) is 0 Å². The van der Waals surface area contributed by atoms with Gasteiger partial charge >= 0.3 is 5.97 Å². The molecule has 2 saturated heterocycles. The minimum atomic E-state index is -1.02. The largest absolute Gasteiger partial charge is 0.465 e. The molecule has 3 aromatic rings. The van der Waals surface area contributed by atoms with Gasteiger partial charge in [0.25, 0.3) is 0 Å². The van der Waals surface area contributed by atoms with Crippen LogP contribution < -0.4 is 4.90 Å². The number of amides is 2. The van der Waals surface area contributed by atoms with Gasteiger partial charge in [-0.1, -0.05) is 48.0 Å². The van der Waals surface area contributed by atoms with Crippen molar-refractivity contribution in [3.63, 3.8) is 0 Å². The van der Waals surface area contributed by atoms with Crippen molar-refractivity contribution in [3.05, 3.63) is 100 Å². The van der Waals surface area contributed by atoms with E-state index in [4.69, 9.17) is 16.3 Å². The van der Waals surface area contributed by atoms with Gasteiger partial charge < -0.3 is 4.74 Å². The van der Waals surface area contributed by atoms with Crippen molar-refractivity contribution in [2.75, 3.05) is 12.0 Å². The number of nitrogens with zero attached hydrogens (tertiary/aromatic N) is 3. The number of fused-ring (bicyclic) bond motifs is 5. The molecule has 0 aromatic heterocycles. The van der Waals surface area contributed by atoms with Crippen LogP contribution in [0.15, 0.2) is 77.9 Å². The number of hydrogen-bond donors (Lipinski definition) is 0. The number of para-hydroxylation sites is 1. The van der Waals surface area contributed by atoms with E-state index in [-0.39, 0.29) is 17.0 Å². The van der Waals surface area contributed by atoms with Crippen molar-refractivity contribution < 1.29 is 23.9 Å². The van der Waals surface area contributed by atoms with Gasteiger partial charge in [0.15, 0.2) is 5.78 Å². The number of carbonyl (C=O) groups excluding carboxylic acids is 4. The Morgan fingerprint density at radius 3 is 2.32 bits per heavy atom. The second-order valence-corrected chi connectivity index (χ2v) is 9.52. The lowest BCUT2D eigenvalue weighted by Gasteiger charge is -2.34. The predicted octanol–water partition coefficient (Wildman–Crippen LogP) is 3.89. The highest BCUT2D eigenvalue weighted by Gasteiger charge is 2.65. The molecule has 2 amide bonds. The summed E-state index contributed by atoms with van der Waals surface area (Å²) < 4.78 is 4.88. The number of anilines is 1. The first-order valence-electron chi connectivity index (χ1n) is 11.7. The zero-order valence-electron chi connectivity index (χ0n) is 19.6. The van der Waals surface area contributed by atoms with E-state index in [1.54, 1.807) is 47.6 Å². The summed E-state index contributed by atoms with van der Waals surface area (Å²) >= 11 is 6.03. The minimum Gasteiger partial charge on any atom is -0.465 e. The molecular weight excluding hydrogens is 494 g/mol. The van der Waals surface area contributed by atoms with Gasteiger partial charge in [-0.3, -0.25) is 19.4 Å². The molecule has 3 aliphatic heterocycles. The third-order valence-corrected chi connectivity index (χ3v) is 7.49. The topological polar surface area (TPSA) is 96.3 Å². The second-order valence-electron chi connectivity index (χ2n) is 9.09. The zero-order chi connectivity index (χ0) is 25.8. The number of ketones is 1. The van der Waals surface area contributed by atoms with Crippen molar-refractivity contribution >= 4 is 47.1 Å². The molecule has 0 spiro atoms. The van der Waals surface area contributed by atoms with E-state index in [1.807, 2.05) is 24.3 Å². The highest BCUT2D eigenvalue weighted by molar-refractivity contribution is 6.30. The molecule has 2 fully saturated rings. The molecule has 4 atom stereocenters. The molecule has 3 aliphatic rings. The first-order valence-corrected chi connectivity index (χ1v) is 12.1. The zero-order valence-corrected chi connectivity index (χ0v) is 20.3. The second kappa shape index (κ2) is 8.67. The van der Waals surface area contributed by atoms with Crippen LogP contribution in [0.2, 0.25) is 5.02 Å². The van der Waals surface area contributed by atoms with Crippen molar-refractivity contribution in [3.8, 4) is 0 Å². The van der Waals surface area contributed by atoms with Crippen molar-refractivity contribution in [1.29, 1.82) is 0 Å². The lowest BCUT2D eigenvalue weighted by Crippen LogP contribution is -2.45. The number of carbonyl (C=O) groups is 4. The molecular formula is C28H20ClN3O5. The van der Waals surface area contributed by atoms with Gasteiger partial charge in [0.1, 0.15) is 6.04 Å². The van der Waals surface area contributed by atoms with E-state index >= 15 is 0 Å². The van der Waals surface area contributed by atoms with Crippen LogP contribution >= 0.6 is 11.6 Å². The van der Waals surface area contributed by atoms with Crippen LogP contribution in [-0.4, -0.2) is 47.9 Å². The molecule has 6 rings (SSSR count). The fourth-order valence-corrected chi connectivity index (χ4v) is 5.77. The molecule has 3 aromatic carbocycles. The third kappa shape index (κ3) is 3.40. The molecule has 0 radical (unpaired) electrons. The van der Waals surface area contributed by atoms with E-state index in [1.165, 1.54) is 19.2 Å². The molecule has 184 valence electrons. The SMILES string of the molecule is COC(=O)c1ccccc1N1C(=O)[C@@H]2[C@H](C1=O)[C@H]1c3ccccc3C=NN1[C@H]2C(=O)c1ccc(Cl)cc1. The number of hydrogen-bond acceptors (Lipinski definition) is 7. The monoisotopic (exact) mass is 513 g/mol. The lowest BCUT2D eigenvalue weighted by molar-refractivity contribution is -0.124. The molecule has 0 bridgehead atoms. The average molecular weight is 514 g/mol. The Bertz CT molecular complexity index is 1500. The molecule has 0 aliphatic carbocycles. The summed E-state index contributed by atoms with van der Waals surface area (Å²) in [7, 11) is 1.23. The summed E-state index contributed by atoms with van der Waals surface area (Å²) in [6.45, 7) is 0. The Hall–Kier alpha value is -4.30. The Morgan fingerprint density at radius 1 is 0.892 bits per heavy atom. The number of hydrazone groups is 1. The maximum Gasteiger partial charge on any atom is 0.339 e. The summed E-state index contributed by atoms with van der Waals surface area (Å²) in [5.41, 5.74) is 2.21. The number of esters is 1. The normalized spacial score (nSPS) is 23.5. The molecule has 37 heavy (non-hydrogen) atoms. The first-order chi connectivity index (χ1) is 17.9. The summed E-state index contributed by atoms with van der Waals surface area (Å²) in [6.07, 6.45) is 1.65. The van der Waals surface area contributed by atoms with Gasteiger partial charge in [-0.15, -0.1) is 0 Å². The number of ether oxygens (including phenoxy) is 1. The van der Waals surface area contributed by atoms with Gasteiger partial charge in [0.05, 0.1) is 42.5 Å². The van der Waals surface area contributed by atoms with Gasteiger partial charge in [-0.25, -0.2) is 9.69 Å². The van der Waals surface area contributed by atoms with Crippen LogP contribution in [0, 0.1) is 11.8 Å². The predicted molar refractivity (Wildman–Crippen MR) is 135 cm³/mol. The molecule has 9 heteroatoms. The van der Waals surface area contributed by atoms with E-state index in [0.29, 0.717) is 10.6 Å². The van der Waals surface area contributed by atoms with Crippen molar-refractivity contribution in [1.82, 2.24) is 5.01 Å². The fourth-order valence-electron chi connectivity index (χ4n) is 5.64. The summed E-state index contributed by atoms with van der Waals surface area (Å²) in [5.74, 6) is -3.93. The van der Waals surface area contributed by atoms with Crippen LogP contribution in [0.5, 0.6) is 0 Å². The standard InChI is InChI=1S/C28H20ClN3O5/c1-37-28(36)19-8-4-5-9-20(19)31-26(34)21-22(27(31)35)24(25(33)15-10-12-17(29)13-11-15)32-23(21)18-7-3-2-6-16(18)14-30-32/h2-14,21-24H,1H3/t21-,22+,23+,24+/m0/s1. The summed E-state index contributed by atoms with van der Waals surface area (Å²) in [4.78, 5) is 55.4. The summed E-state index contributed by atoms with van der Waals surface area (Å²) in [6, 6.07) is 18.5. The summed E-state index contributed by atoms with van der Waals surface area (Å²) in [5, 5.41) is 6.62. The average Bonchev–Trinajstić information content (AvgIpc) is 3.40. The number of rotatable bonds is 4. The number of methoxy groups -OCH3 is 1. The number of imide groups is 1. The Kier molecular flexibility index (Phi) is 5.42. The van der Waals surface area contributed by atoms with Crippen LogP contribution in [0.1, 0.15) is 37.9 Å². The maximum atomic E-state index is 14.0. The number of benzene rings is 3. The van der Waals surface area contributed by atoms with E-state index in [9.17, 15) is 19.2 Å². The first kappa shape index (κ1) is 23.1. The Labute approximate surface area is 217 Å². The number of halogens is 1. The van der Waals surface area contributed by atoms with Crippen molar-refractivity contribution in [2.45, 2.75) is 12.1 Å². The fraction of sp³-hybridized carbons (Fsp3) is 0.179. The van der Waals surface area contributed by atoms with Gasteiger partial charge in [0.2, 0.25) is 11.8 Å².